The Balaban J connectivity index is 2.06. The fourth-order valence-corrected chi connectivity index (χ4v) is 1.96. The highest BCUT2D eigenvalue weighted by atomic mass is 16.5. The average molecular weight is 273 g/mol. The van der Waals surface area contributed by atoms with Gasteiger partial charge in [-0.1, -0.05) is 36.4 Å². The van der Waals surface area contributed by atoms with Crippen LogP contribution in [0.3, 0.4) is 0 Å². The third kappa shape index (κ3) is 3.48. The van der Waals surface area contributed by atoms with Gasteiger partial charge < -0.3 is 14.8 Å². The van der Waals surface area contributed by atoms with Gasteiger partial charge in [-0.2, -0.15) is 0 Å². The van der Waals surface area contributed by atoms with Crippen LogP contribution in [-0.2, 0) is 9.53 Å². The first-order valence-corrected chi connectivity index (χ1v) is 6.63. The van der Waals surface area contributed by atoms with Gasteiger partial charge in [0.2, 0.25) is 0 Å². The highest BCUT2D eigenvalue weighted by molar-refractivity contribution is 5.89. The minimum absolute atomic E-state index is 0.144. The standard InChI is InChI=1S/C16H19NO3/c1-12(16(18)17-10-11-19-2)20-15-9-5-7-13-6-3-4-8-14(13)15/h3-9,12H,10-11H2,1-2H3,(H,17,18)/t12-/m0/s1. The van der Waals surface area contributed by atoms with Crippen LogP contribution in [0.15, 0.2) is 42.5 Å². The highest BCUT2D eigenvalue weighted by Gasteiger charge is 2.15. The molecule has 1 N–H and O–H groups in total. The van der Waals surface area contributed by atoms with Gasteiger partial charge >= 0.3 is 0 Å². The smallest absolute Gasteiger partial charge is 0.260 e. The predicted molar refractivity (Wildman–Crippen MR) is 78.9 cm³/mol. The highest BCUT2D eigenvalue weighted by Crippen LogP contribution is 2.25. The van der Waals surface area contributed by atoms with Gasteiger partial charge in [-0.3, -0.25) is 4.79 Å². The van der Waals surface area contributed by atoms with E-state index in [0.29, 0.717) is 13.2 Å². The lowest BCUT2D eigenvalue weighted by Gasteiger charge is -2.16. The molecule has 1 atom stereocenters. The number of nitrogens with one attached hydrogen (secondary N) is 1. The number of hydrogen-bond donors (Lipinski definition) is 1. The van der Waals surface area contributed by atoms with E-state index in [1.54, 1.807) is 14.0 Å². The lowest BCUT2D eigenvalue weighted by atomic mass is 10.1. The van der Waals surface area contributed by atoms with Gasteiger partial charge in [-0.15, -0.1) is 0 Å². The minimum atomic E-state index is -0.544. The van der Waals surface area contributed by atoms with Crippen molar-refractivity contribution in [1.29, 1.82) is 0 Å². The molecular formula is C16H19NO3. The zero-order chi connectivity index (χ0) is 14.4. The fourth-order valence-electron chi connectivity index (χ4n) is 1.96. The molecule has 0 fully saturated rings. The molecule has 0 unspecified atom stereocenters. The summed E-state index contributed by atoms with van der Waals surface area (Å²) in [5.41, 5.74) is 0. The van der Waals surface area contributed by atoms with E-state index in [2.05, 4.69) is 5.32 Å². The Hall–Kier alpha value is -2.07. The number of methoxy groups -OCH3 is 1. The molecule has 4 nitrogen and oxygen atoms in total. The van der Waals surface area contributed by atoms with Crippen LogP contribution < -0.4 is 10.1 Å². The van der Waals surface area contributed by atoms with E-state index >= 15 is 0 Å². The molecule has 2 rings (SSSR count). The molecule has 4 heteroatoms. The summed E-state index contributed by atoms with van der Waals surface area (Å²) < 4.78 is 10.7. The minimum Gasteiger partial charge on any atom is -0.480 e. The van der Waals surface area contributed by atoms with E-state index < -0.39 is 6.10 Å². The molecule has 0 heterocycles. The summed E-state index contributed by atoms with van der Waals surface area (Å²) in [6.45, 7) is 2.72. The number of fused-ring (bicyclic) bond motifs is 1. The number of rotatable bonds is 6. The second-order valence-corrected chi connectivity index (χ2v) is 4.52. The largest absolute Gasteiger partial charge is 0.480 e. The van der Waals surface area contributed by atoms with E-state index in [1.807, 2.05) is 42.5 Å². The van der Waals surface area contributed by atoms with Gasteiger partial charge in [0.25, 0.3) is 5.91 Å². The number of carbonyl (C=O) groups is 1. The Kier molecular flexibility index (Phi) is 4.96. The van der Waals surface area contributed by atoms with Crippen LogP contribution in [0.5, 0.6) is 5.75 Å². The van der Waals surface area contributed by atoms with Crippen molar-refractivity contribution in [2.75, 3.05) is 20.3 Å². The van der Waals surface area contributed by atoms with E-state index in [1.165, 1.54) is 0 Å². The number of ether oxygens (including phenoxy) is 2. The molecule has 2 aromatic carbocycles. The molecular weight excluding hydrogens is 254 g/mol. The summed E-state index contributed by atoms with van der Waals surface area (Å²) in [6.07, 6.45) is -0.544. The zero-order valence-corrected chi connectivity index (χ0v) is 11.8. The second kappa shape index (κ2) is 6.91. The first-order chi connectivity index (χ1) is 9.72. The zero-order valence-electron chi connectivity index (χ0n) is 11.8. The normalized spacial score (nSPS) is 12.1. The van der Waals surface area contributed by atoms with Gasteiger partial charge in [-0.05, 0) is 18.4 Å². The molecule has 0 aliphatic rings. The molecule has 20 heavy (non-hydrogen) atoms. The van der Waals surface area contributed by atoms with Crippen LogP contribution in [0.25, 0.3) is 10.8 Å². The molecule has 0 saturated carbocycles. The van der Waals surface area contributed by atoms with Gasteiger partial charge in [0.15, 0.2) is 6.10 Å². The summed E-state index contributed by atoms with van der Waals surface area (Å²) in [5, 5.41) is 4.86. The SMILES string of the molecule is COCCNC(=O)[C@H](C)Oc1cccc2ccccc12. The summed E-state index contributed by atoms with van der Waals surface area (Å²) in [4.78, 5) is 11.9. The molecule has 106 valence electrons. The van der Waals surface area contributed by atoms with Crippen molar-refractivity contribution >= 4 is 16.7 Å². The Labute approximate surface area is 118 Å². The van der Waals surface area contributed by atoms with Crippen molar-refractivity contribution in [3.63, 3.8) is 0 Å². The van der Waals surface area contributed by atoms with Crippen molar-refractivity contribution in [2.45, 2.75) is 13.0 Å². The molecule has 1 amide bonds. The van der Waals surface area contributed by atoms with Crippen LogP contribution in [0, 0.1) is 0 Å². The van der Waals surface area contributed by atoms with Crippen LogP contribution in [0.4, 0.5) is 0 Å². The molecule has 0 aliphatic carbocycles. The summed E-state index contributed by atoms with van der Waals surface area (Å²) in [6, 6.07) is 13.8. The third-order valence-corrected chi connectivity index (χ3v) is 3.03. The van der Waals surface area contributed by atoms with Crippen molar-refractivity contribution in [2.24, 2.45) is 0 Å². The third-order valence-electron chi connectivity index (χ3n) is 3.03. The van der Waals surface area contributed by atoms with Crippen molar-refractivity contribution in [3.8, 4) is 5.75 Å². The summed E-state index contributed by atoms with van der Waals surface area (Å²) in [7, 11) is 1.60. The Morgan fingerprint density at radius 2 is 1.95 bits per heavy atom. The maximum Gasteiger partial charge on any atom is 0.260 e. The van der Waals surface area contributed by atoms with Crippen molar-refractivity contribution in [3.05, 3.63) is 42.5 Å². The van der Waals surface area contributed by atoms with Crippen LogP contribution in [0.2, 0.25) is 0 Å². The molecule has 0 saturated heterocycles. The van der Waals surface area contributed by atoms with Gasteiger partial charge in [0.05, 0.1) is 6.61 Å². The van der Waals surface area contributed by atoms with Gasteiger partial charge in [-0.25, -0.2) is 0 Å². The maximum absolute atomic E-state index is 11.9. The van der Waals surface area contributed by atoms with E-state index in [4.69, 9.17) is 9.47 Å². The number of amides is 1. The summed E-state index contributed by atoms with van der Waals surface area (Å²) in [5.74, 6) is 0.576. The van der Waals surface area contributed by atoms with Crippen LogP contribution in [0.1, 0.15) is 6.92 Å². The quantitative estimate of drug-likeness (QED) is 0.822. The number of benzene rings is 2. The lowest BCUT2D eigenvalue weighted by molar-refractivity contribution is -0.127. The maximum atomic E-state index is 11.9. The van der Waals surface area contributed by atoms with Gasteiger partial charge in [0.1, 0.15) is 5.75 Å². The van der Waals surface area contributed by atoms with Crippen LogP contribution >= 0.6 is 0 Å². The molecule has 0 aliphatic heterocycles. The summed E-state index contributed by atoms with van der Waals surface area (Å²) >= 11 is 0. The van der Waals surface area contributed by atoms with E-state index in [9.17, 15) is 4.79 Å². The van der Waals surface area contributed by atoms with Crippen molar-refractivity contribution < 1.29 is 14.3 Å². The Morgan fingerprint density at radius 1 is 1.20 bits per heavy atom. The fraction of sp³-hybridized carbons (Fsp3) is 0.312. The molecule has 0 aromatic heterocycles. The topological polar surface area (TPSA) is 47.6 Å². The van der Waals surface area contributed by atoms with Gasteiger partial charge in [0, 0.05) is 19.0 Å². The molecule has 2 aromatic rings. The monoisotopic (exact) mass is 273 g/mol. The first-order valence-electron chi connectivity index (χ1n) is 6.63. The van der Waals surface area contributed by atoms with Crippen molar-refractivity contribution in [1.82, 2.24) is 5.32 Å². The Bertz CT molecular complexity index is 577. The second-order valence-electron chi connectivity index (χ2n) is 4.52. The number of hydrogen-bond acceptors (Lipinski definition) is 3. The first kappa shape index (κ1) is 14.3. The van der Waals surface area contributed by atoms with Crippen LogP contribution in [-0.4, -0.2) is 32.3 Å². The number of carbonyl (C=O) groups excluding carboxylic acids is 1. The predicted octanol–water partition coefficient (Wildman–Crippen LogP) is 2.37. The van der Waals surface area contributed by atoms with E-state index in [-0.39, 0.29) is 5.91 Å². The Morgan fingerprint density at radius 3 is 2.75 bits per heavy atom. The molecule has 0 bridgehead atoms. The lowest BCUT2D eigenvalue weighted by Crippen LogP contribution is -2.37. The molecule has 0 spiro atoms. The average Bonchev–Trinajstić information content (AvgIpc) is 2.47. The molecule has 0 radical (unpaired) electrons. The van der Waals surface area contributed by atoms with E-state index in [0.717, 1.165) is 16.5 Å².